The molecule has 24 heavy (non-hydrogen) atoms. The number of hydrogen-bond acceptors (Lipinski definition) is 3. The van der Waals surface area contributed by atoms with Gasteiger partial charge in [-0.15, -0.1) is 11.8 Å². The number of thioether (sulfide) groups is 1. The highest BCUT2D eigenvalue weighted by Gasteiger charge is 2.14. The van der Waals surface area contributed by atoms with Gasteiger partial charge in [0.05, 0.1) is 13.5 Å². The van der Waals surface area contributed by atoms with Crippen LogP contribution in [0.5, 0.6) is 5.75 Å². The molecule has 0 aliphatic heterocycles. The van der Waals surface area contributed by atoms with Crippen molar-refractivity contribution in [2.45, 2.75) is 17.7 Å². The highest BCUT2D eigenvalue weighted by Crippen LogP contribution is 2.29. The van der Waals surface area contributed by atoms with Gasteiger partial charge in [-0.3, -0.25) is 4.79 Å². The lowest BCUT2D eigenvalue weighted by Gasteiger charge is -2.10. The van der Waals surface area contributed by atoms with Crippen LogP contribution in [0.1, 0.15) is 16.7 Å². The molecule has 0 bridgehead atoms. The van der Waals surface area contributed by atoms with Crippen LogP contribution in [-0.2, 0) is 17.6 Å². The van der Waals surface area contributed by atoms with E-state index in [-0.39, 0.29) is 5.91 Å². The van der Waals surface area contributed by atoms with E-state index in [0.29, 0.717) is 13.0 Å². The molecule has 0 saturated carbocycles. The highest BCUT2D eigenvalue weighted by atomic mass is 32.2. The van der Waals surface area contributed by atoms with Crippen LogP contribution in [-0.4, -0.2) is 25.8 Å². The van der Waals surface area contributed by atoms with Gasteiger partial charge in [-0.1, -0.05) is 36.4 Å². The van der Waals surface area contributed by atoms with Gasteiger partial charge >= 0.3 is 0 Å². The van der Waals surface area contributed by atoms with Crippen molar-refractivity contribution in [3.8, 4) is 5.75 Å². The Kier molecular flexibility index (Phi) is 5.26. The fourth-order valence-corrected chi connectivity index (χ4v) is 3.58. The Balaban J connectivity index is 1.59. The molecule has 0 unspecified atom stereocenters. The largest absolute Gasteiger partial charge is 0.496 e. The maximum Gasteiger partial charge on any atom is 0.224 e. The van der Waals surface area contributed by atoms with E-state index in [2.05, 4.69) is 29.6 Å². The van der Waals surface area contributed by atoms with Crippen LogP contribution in [0.4, 0.5) is 0 Å². The molecule has 124 valence electrons. The van der Waals surface area contributed by atoms with E-state index < -0.39 is 0 Å². The topological polar surface area (TPSA) is 38.3 Å². The quantitative estimate of drug-likeness (QED) is 0.815. The summed E-state index contributed by atoms with van der Waals surface area (Å²) in [4.78, 5) is 13.3. The summed E-state index contributed by atoms with van der Waals surface area (Å²) >= 11 is 1.62. The Morgan fingerprint density at radius 1 is 1.25 bits per heavy atom. The molecular weight excluding hydrogens is 318 g/mol. The summed E-state index contributed by atoms with van der Waals surface area (Å²) in [6, 6.07) is 14.2. The minimum atomic E-state index is 0.0394. The van der Waals surface area contributed by atoms with Crippen molar-refractivity contribution >= 4 is 23.2 Å². The van der Waals surface area contributed by atoms with E-state index in [1.165, 1.54) is 16.7 Å². The Morgan fingerprint density at radius 3 is 2.88 bits per heavy atom. The van der Waals surface area contributed by atoms with Gasteiger partial charge in [-0.2, -0.15) is 0 Å². The van der Waals surface area contributed by atoms with Crippen LogP contribution in [0.15, 0.2) is 53.4 Å². The zero-order chi connectivity index (χ0) is 16.9. The van der Waals surface area contributed by atoms with Crippen molar-refractivity contribution in [1.82, 2.24) is 5.32 Å². The van der Waals surface area contributed by atoms with E-state index in [0.717, 1.165) is 22.6 Å². The number of carbonyl (C=O) groups is 1. The summed E-state index contributed by atoms with van der Waals surface area (Å²) in [7, 11) is 1.66. The van der Waals surface area contributed by atoms with Gasteiger partial charge in [-0.05, 0) is 47.1 Å². The first-order chi connectivity index (χ1) is 11.7. The molecule has 0 atom stereocenters. The summed E-state index contributed by atoms with van der Waals surface area (Å²) in [5.74, 6) is 0.886. The summed E-state index contributed by atoms with van der Waals surface area (Å²) in [6.07, 6.45) is 5.54. The van der Waals surface area contributed by atoms with E-state index in [9.17, 15) is 4.79 Å². The van der Waals surface area contributed by atoms with Crippen molar-refractivity contribution < 1.29 is 9.53 Å². The van der Waals surface area contributed by atoms with Crippen molar-refractivity contribution in [3.05, 3.63) is 65.2 Å². The molecule has 1 aliphatic carbocycles. The third kappa shape index (κ3) is 3.65. The molecule has 2 aromatic rings. The zero-order valence-electron chi connectivity index (χ0n) is 14.0. The SMILES string of the molecule is COc1ccc(CC(=O)NCC2=CCc3ccccc32)cc1SC. The Labute approximate surface area is 147 Å². The fourth-order valence-electron chi connectivity index (χ4n) is 2.95. The number of benzene rings is 2. The predicted molar refractivity (Wildman–Crippen MR) is 99.6 cm³/mol. The second kappa shape index (κ2) is 7.58. The first kappa shape index (κ1) is 16.7. The van der Waals surface area contributed by atoms with Crippen molar-refractivity contribution in [2.24, 2.45) is 0 Å². The molecule has 2 aromatic carbocycles. The average molecular weight is 339 g/mol. The molecule has 0 spiro atoms. The lowest BCUT2D eigenvalue weighted by Crippen LogP contribution is -2.26. The minimum absolute atomic E-state index is 0.0394. The summed E-state index contributed by atoms with van der Waals surface area (Å²) in [5.41, 5.74) is 4.80. The Morgan fingerprint density at radius 2 is 2.08 bits per heavy atom. The van der Waals surface area contributed by atoms with E-state index in [4.69, 9.17) is 4.74 Å². The van der Waals surface area contributed by atoms with Crippen LogP contribution >= 0.6 is 11.8 Å². The van der Waals surface area contributed by atoms with Crippen LogP contribution in [0.25, 0.3) is 5.57 Å². The minimum Gasteiger partial charge on any atom is -0.496 e. The highest BCUT2D eigenvalue weighted by molar-refractivity contribution is 7.98. The second-order valence-corrected chi connectivity index (χ2v) is 6.58. The van der Waals surface area contributed by atoms with Gasteiger partial charge in [0.25, 0.3) is 0 Å². The number of nitrogens with one attached hydrogen (secondary N) is 1. The Hall–Kier alpha value is -2.20. The molecule has 0 heterocycles. The molecule has 4 heteroatoms. The molecule has 3 nitrogen and oxygen atoms in total. The molecule has 1 amide bonds. The number of amides is 1. The molecule has 0 radical (unpaired) electrons. The number of allylic oxidation sites excluding steroid dienone is 1. The third-order valence-corrected chi connectivity index (χ3v) is 4.98. The van der Waals surface area contributed by atoms with E-state index in [1.807, 2.05) is 30.5 Å². The van der Waals surface area contributed by atoms with Crippen LogP contribution in [0.2, 0.25) is 0 Å². The Bertz CT molecular complexity index is 783. The number of ether oxygens (including phenoxy) is 1. The molecule has 1 N–H and O–H groups in total. The standard InChI is InChI=1S/C20H21NO2S/c1-23-18-10-7-14(11-19(18)24-2)12-20(22)21-13-16-9-8-15-5-3-4-6-17(15)16/h3-7,9-11H,8,12-13H2,1-2H3,(H,21,22). The number of hydrogen-bond donors (Lipinski definition) is 1. The lowest BCUT2D eigenvalue weighted by atomic mass is 10.1. The molecule has 0 saturated heterocycles. The summed E-state index contributed by atoms with van der Waals surface area (Å²) < 4.78 is 5.32. The molecular formula is C20H21NO2S. The van der Waals surface area contributed by atoms with E-state index in [1.54, 1.807) is 18.9 Å². The van der Waals surface area contributed by atoms with Crippen molar-refractivity contribution in [2.75, 3.05) is 19.9 Å². The van der Waals surface area contributed by atoms with E-state index >= 15 is 0 Å². The van der Waals surface area contributed by atoms with Gasteiger partial charge < -0.3 is 10.1 Å². The van der Waals surface area contributed by atoms with Gasteiger partial charge in [0.1, 0.15) is 5.75 Å². The summed E-state index contributed by atoms with van der Waals surface area (Å²) in [6.45, 7) is 0.585. The number of carbonyl (C=O) groups excluding carboxylic acids is 1. The smallest absolute Gasteiger partial charge is 0.224 e. The molecule has 1 aliphatic rings. The van der Waals surface area contributed by atoms with Gasteiger partial charge in [0, 0.05) is 11.4 Å². The number of methoxy groups -OCH3 is 1. The fraction of sp³-hybridized carbons (Fsp3) is 0.250. The van der Waals surface area contributed by atoms with Crippen LogP contribution < -0.4 is 10.1 Å². The van der Waals surface area contributed by atoms with Gasteiger partial charge in [0.15, 0.2) is 0 Å². The van der Waals surface area contributed by atoms with Crippen LogP contribution in [0, 0.1) is 0 Å². The molecule has 0 aromatic heterocycles. The first-order valence-electron chi connectivity index (χ1n) is 7.96. The normalized spacial score (nSPS) is 12.5. The number of fused-ring (bicyclic) bond motifs is 1. The van der Waals surface area contributed by atoms with Gasteiger partial charge in [-0.25, -0.2) is 0 Å². The number of rotatable bonds is 6. The molecule has 0 fully saturated rings. The zero-order valence-corrected chi connectivity index (χ0v) is 14.8. The second-order valence-electron chi connectivity index (χ2n) is 5.73. The van der Waals surface area contributed by atoms with Crippen molar-refractivity contribution in [1.29, 1.82) is 0 Å². The molecule has 3 rings (SSSR count). The average Bonchev–Trinajstić information content (AvgIpc) is 3.03. The maximum atomic E-state index is 12.3. The van der Waals surface area contributed by atoms with Gasteiger partial charge in [0.2, 0.25) is 5.91 Å². The predicted octanol–water partition coefficient (Wildman–Crippen LogP) is 3.72. The summed E-state index contributed by atoms with van der Waals surface area (Å²) in [5, 5.41) is 3.03. The lowest BCUT2D eigenvalue weighted by molar-refractivity contribution is -0.120. The monoisotopic (exact) mass is 339 g/mol. The van der Waals surface area contributed by atoms with Crippen LogP contribution in [0.3, 0.4) is 0 Å². The maximum absolute atomic E-state index is 12.3. The third-order valence-electron chi connectivity index (χ3n) is 4.22. The van der Waals surface area contributed by atoms with Crippen molar-refractivity contribution in [3.63, 3.8) is 0 Å². The first-order valence-corrected chi connectivity index (χ1v) is 9.18.